The van der Waals surface area contributed by atoms with Crippen molar-refractivity contribution >= 4 is 23.6 Å². The molecular weight excluding hydrogens is 318 g/mol. The maximum Gasteiger partial charge on any atom is 0.328 e. The fourth-order valence-corrected chi connectivity index (χ4v) is 1.85. The van der Waals surface area contributed by atoms with Gasteiger partial charge in [0.25, 0.3) is 0 Å². The Hall–Kier alpha value is -1.88. The summed E-state index contributed by atoms with van der Waals surface area (Å²) in [6.07, 6.45) is 8.38. The van der Waals surface area contributed by atoms with E-state index in [4.69, 9.17) is 16.7 Å². The Morgan fingerprint density at radius 1 is 1.30 bits per heavy atom. The summed E-state index contributed by atoms with van der Waals surface area (Å²) >= 11 is 5.63. The van der Waals surface area contributed by atoms with E-state index in [9.17, 15) is 9.70 Å². The molecule has 23 heavy (non-hydrogen) atoms. The van der Waals surface area contributed by atoms with Crippen molar-refractivity contribution in [2.45, 2.75) is 52.1 Å². The van der Waals surface area contributed by atoms with Crippen LogP contribution in [0.3, 0.4) is 0 Å². The minimum atomic E-state index is -0.954. The van der Waals surface area contributed by atoms with Crippen LogP contribution >= 0.6 is 11.6 Å². The molecule has 1 rings (SSSR count). The highest BCUT2D eigenvalue weighted by Crippen LogP contribution is 2.10. The first kappa shape index (κ1) is 21.1. The standard InChI is InChI=1S/C9H7ClO2.C8H17NO2/c10-8-4-1-7(2-5-8)3-6-9(11)12;1-3-4-5-6-7-8(2)11-9-10/h1-6H,(H,11,12);8H,3-7H2,1-2H3. The second-order valence-electron chi connectivity index (χ2n) is 5.06. The number of carboxylic acids is 1. The van der Waals surface area contributed by atoms with Crippen molar-refractivity contribution in [1.29, 1.82) is 0 Å². The lowest BCUT2D eigenvalue weighted by atomic mass is 10.1. The predicted octanol–water partition coefficient (Wildman–Crippen LogP) is 5.48. The van der Waals surface area contributed by atoms with Gasteiger partial charge in [-0.2, -0.15) is 0 Å². The summed E-state index contributed by atoms with van der Waals surface area (Å²) in [5, 5.41) is 11.3. The van der Waals surface area contributed by atoms with Crippen LogP contribution in [0.4, 0.5) is 0 Å². The maximum absolute atomic E-state index is 10.1. The molecule has 0 bridgehead atoms. The number of hydrogen-bond donors (Lipinski definition) is 1. The zero-order chi connectivity index (χ0) is 17.5. The molecular formula is C17H24ClNO4. The molecule has 1 unspecified atom stereocenters. The highest BCUT2D eigenvalue weighted by molar-refractivity contribution is 6.30. The number of halogens is 1. The SMILES string of the molecule is CCCCCCC(C)ON=O.O=C(O)C=Cc1ccc(Cl)cc1. The Kier molecular flexibility index (Phi) is 12.6. The van der Waals surface area contributed by atoms with E-state index in [-0.39, 0.29) is 6.10 Å². The molecule has 0 heterocycles. The summed E-state index contributed by atoms with van der Waals surface area (Å²) in [6.45, 7) is 4.04. The van der Waals surface area contributed by atoms with E-state index >= 15 is 0 Å². The fourth-order valence-electron chi connectivity index (χ4n) is 1.73. The Labute approximate surface area is 142 Å². The first-order valence-electron chi connectivity index (χ1n) is 7.64. The molecule has 0 aliphatic heterocycles. The molecule has 0 aliphatic carbocycles. The summed E-state index contributed by atoms with van der Waals surface area (Å²) in [6, 6.07) is 6.93. The van der Waals surface area contributed by atoms with Crippen LogP contribution in [-0.4, -0.2) is 17.2 Å². The van der Waals surface area contributed by atoms with E-state index in [0.717, 1.165) is 24.5 Å². The van der Waals surface area contributed by atoms with Crippen molar-refractivity contribution < 1.29 is 14.7 Å². The summed E-state index contributed by atoms with van der Waals surface area (Å²) in [4.78, 5) is 24.3. The minimum Gasteiger partial charge on any atom is -0.478 e. The second-order valence-corrected chi connectivity index (χ2v) is 5.50. The van der Waals surface area contributed by atoms with Gasteiger partial charge in [-0.15, -0.1) is 4.91 Å². The second kappa shape index (κ2) is 13.8. The van der Waals surface area contributed by atoms with Gasteiger partial charge in [0.15, 0.2) is 5.34 Å². The molecule has 0 aromatic heterocycles. The van der Waals surface area contributed by atoms with Gasteiger partial charge in [-0.05, 0) is 43.5 Å². The topological polar surface area (TPSA) is 76.0 Å². The smallest absolute Gasteiger partial charge is 0.328 e. The zero-order valence-electron chi connectivity index (χ0n) is 13.6. The van der Waals surface area contributed by atoms with E-state index in [1.807, 2.05) is 6.92 Å². The number of carboxylic acid groups (broad SMARTS) is 1. The lowest BCUT2D eigenvalue weighted by Gasteiger charge is -2.05. The van der Waals surface area contributed by atoms with Gasteiger partial charge in [0.1, 0.15) is 6.10 Å². The largest absolute Gasteiger partial charge is 0.478 e. The van der Waals surface area contributed by atoms with Crippen molar-refractivity contribution in [1.82, 2.24) is 0 Å². The highest BCUT2D eigenvalue weighted by Gasteiger charge is 2.01. The van der Waals surface area contributed by atoms with Gasteiger partial charge in [0.05, 0.1) is 0 Å². The molecule has 5 nitrogen and oxygen atoms in total. The maximum atomic E-state index is 10.1. The molecule has 0 fully saturated rings. The normalized spacial score (nSPS) is 11.4. The molecule has 0 spiro atoms. The van der Waals surface area contributed by atoms with Gasteiger partial charge in [-0.25, -0.2) is 4.79 Å². The van der Waals surface area contributed by atoms with Crippen LogP contribution in [0.2, 0.25) is 5.02 Å². The number of aliphatic carboxylic acids is 1. The van der Waals surface area contributed by atoms with E-state index in [1.54, 1.807) is 24.3 Å². The molecule has 128 valence electrons. The number of unbranched alkanes of at least 4 members (excludes halogenated alkanes) is 3. The third kappa shape index (κ3) is 13.5. The Bertz CT molecular complexity index is 474. The first-order chi connectivity index (χ1) is 11.0. The zero-order valence-corrected chi connectivity index (χ0v) is 14.3. The quantitative estimate of drug-likeness (QED) is 0.279. The van der Waals surface area contributed by atoms with Crippen LogP contribution < -0.4 is 0 Å². The van der Waals surface area contributed by atoms with Crippen molar-refractivity contribution in [2.75, 3.05) is 0 Å². The molecule has 1 atom stereocenters. The minimum absolute atomic E-state index is 0.00986. The van der Waals surface area contributed by atoms with E-state index < -0.39 is 5.97 Å². The van der Waals surface area contributed by atoms with Gasteiger partial charge in [-0.3, -0.25) is 0 Å². The number of nitrogens with zero attached hydrogens (tertiary/aromatic N) is 1. The van der Waals surface area contributed by atoms with Crippen LogP contribution in [0.1, 0.15) is 51.5 Å². The van der Waals surface area contributed by atoms with Crippen LogP contribution in [0.15, 0.2) is 35.7 Å². The summed E-state index contributed by atoms with van der Waals surface area (Å²) in [7, 11) is 0. The summed E-state index contributed by atoms with van der Waals surface area (Å²) < 4.78 is 0. The van der Waals surface area contributed by atoms with Gasteiger partial charge in [0.2, 0.25) is 0 Å². The van der Waals surface area contributed by atoms with Crippen molar-refractivity contribution in [3.8, 4) is 0 Å². The molecule has 1 aromatic rings. The Morgan fingerprint density at radius 2 is 1.96 bits per heavy atom. The molecule has 0 radical (unpaired) electrons. The van der Waals surface area contributed by atoms with Crippen LogP contribution in [-0.2, 0) is 9.63 Å². The predicted molar refractivity (Wildman–Crippen MR) is 93.2 cm³/mol. The summed E-state index contributed by atoms with van der Waals surface area (Å²) in [5.41, 5.74) is 0.821. The molecule has 1 aromatic carbocycles. The molecule has 0 saturated carbocycles. The number of rotatable bonds is 9. The summed E-state index contributed by atoms with van der Waals surface area (Å²) in [5.74, 6) is -0.954. The fraction of sp³-hybridized carbons (Fsp3) is 0.471. The third-order valence-corrected chi connectivity index (χ3v) is 3.23. The monoisotopic (exact) mass is 341 g/mol. The molecule has 0 saturated heterocycles. The van der Waals surface area contributed by atoms with Crippen LogP contribution in [0.25, 0.3) is 6.08 Å². The van der Waals surface area contributed by atoms with Crippen molar-refractivity contribution in [3.05, 3.63) is 45.8 Å². The molecule has 6 heteroatoms. The Morgan fingerprint density at radius 3 is 2.48 bits per heavy atom. The number of hydrogen-bond acceptors (Lipinski definition) is 4. The van der Waals surface area contributed by atoms with Gasteiger partial charge in [-0.1, -0.05) is 49.9 Å². The number of benzene rings is 1. The average Bonchev–Trinajstić information content (AvgIpc) is 2.52. The lowest BCUT2D eigenvalue weighted by molar-refractivity contribution is -0.131. The Balaban J connectivity index is 0.000000423. The van der Waals surface area contributed by atoms with E-state index in [2.05, 4.69) is 17.1 Å². The molecule has 0 aliphatic rings. The highest BCUT2D eigenvalue weighted by atomic mass is 35.5. The number of carbonyl (C=O) groups is 1. The lowest BCUT2D eigenvalue weighted by Crippen LogP contribution is -2.02. The van der Waals surface area contributed by atoms with Gasteiger partial charge in [0, 0.05) is 11.1 Å². The van der Waals surface area contributed by atoms with Crippen LogP contribution in [0.5, 0.6) is 0 Å². The van der Waals surface area contributed by atoms with Crippen molar-refractivity contribution in [2.24, 2.45) is 5.34 Å². The van der Waals surface area contributed by atoms with Crippen LogP contribution in [0, 0.1) is 4.91 Å². The van der Waals surface area contributed by atoms with Gasteiger partial charge < -0.3 is 9.94 Å². The van der Waals surface area contributed by atoms with E-state index in [0.29, 0.717) is 5.02 Å². The molecule has 0 amide bonds. The third-order valence-electron chi connectivity index (χ3n) is 2.98. The first-order valence-corrected chi connectivity index (χ1v) is 8.02. The van der Waals surface area contributed by atoms with Crippen molar-refractivity contribution in [3.63, 3.8) is 0 Å². The molecule has 1 N–H and O–H groups in total. The average molecular weight is 342 g/mol. The van der Waals surface area contributed by atoms with Gasteiger partial charge >= 0.3 is 5.97 Å². The van der Waals surface area contributed by atoms with E-state index in [1.165, 1.54) is 25.3 Å².